The van der Waals surface area contributed by atoms with E-state index in [1.165, 1.54) is 0 Å². The molecule has 2 aromatic rings. The Balaban J connectivity index is 1.39. The Hall–Kier alpha value is -2.71. The van der Waals surface area contributed by atoms with E-state index in [0.717, 1.165) is 31.4 Å². The van der Waals surface area contributed by atoms with Crippen LogP contribution in [0.25, 0.3) is 5.69 Å². The van der Waals surface area contributed by atoms with E-state index in [9.17, 15) is 14.4 Å². The number of carbonyl (C=O) groups excluding carboxylic acids is 3. The van der Waals surface area contributed by atoms with Crippen molar-refractivity contribution in [1.82, 2.24) is 19.8 Å². The monoisotopic (exact) mass is 484 g/mol. The average molecular weight is 485 g/mol. The second-order valence-electron chi connectivity index (χ2n) is 9.68. The molecule has 2 amide bonds. The number of rotatable bonds is 5. The number of Topliss-reactive ketones (excluding diaryl/α,β-unsaturated/α-hetero) is 1. The topological polar surface area (TPSA) is 93.5 Å². The normalized spacial score (nSPS) is 29.6. The van der Waals surface area contributed by atoms with Crippen LogP contribution in [0.5, 0.6) is 0 Å². The van der Waals surface area contributed by atoms with Gasteiger partial charge in [0.15, 0.2) is 5.78 Å². The molecule has 0 radical (unpaired) electrons. The van der Waals surface area contributed by atoms with Crippen LogP contribution >= 0.6 is 11.6 Å². The molecule has 2 aliphatic heterocycles. The van der Waals surface area contributed by atoms with Crippen LogP contribution in [0.15, 0.2) is 43.0 Å². The number of benzene rings is 1. The summed E-state index contributed by atoms with van der Waals surface area (Å²) in [6.45, 7) is 2.43. The maximum atomic E-state index is 13.8. The third-order valence-electron chi connectivity index (χ3n) is 7.40. The molecule has 180 valence electrons. The number of likely N-dealkylation sites (tertiary alicyclic amines) is 1. The number of nitrogens with zero attached hydrogens (tertiary/aromatic N) is 3. The summed E-state index contributed by atoms with van der Waals surface area (Å²) >= 11 is 6.43. The van der Waals surface area contributed by atoms with Gasteiger partial charge in [-0.15, -0.1) is 11.6 Å². The van der Waals surface area contributed by atoms with E-state index in [-0.39, 0.29) is 36.7 Å². The van der Waals surface area contributed by atoms with Gasteiger partial charge in [-0.3, -0.25) is 14.4 Å². The molecule has 0 bridgehead atoms. The van der Waals surface area contributed by atoms with E-state index in [0.29, 0.717) is 11.5 Å². The van der Waals surface area contributed by atoms with Crippen LogP contribution < -0.4 is 5.32 Å². The number of ketones is 1. The highest BCUT2D eigenvalue weighted by atomic mass is 35.5. The van der Waals surface area contributed by atoms with Gasteiger partial charge in [0.1, 0.15) is 24.8 Å². The smallest absolute Gasteiger partial charge is 0.252 e. The van der Waals surface area contributed by atoms with Gasteiger partial charge >= 0.3 is 0 Å². The maximum absolute atomic E-state index is 13.8. The number of carbonyl (C=O) groups is 3. The number of imidazole rings is 1. The highest BCUT2D eigenvalue weighted by molar-refractivity contribution is 6.22. The molecule has 34 heavy (non-hydrogen) atoms. The number of nitrogens with one attached hydrogen (secondary N) is 1. The van der Waals surface area contributed by atoms with E-state index in [1.807, 2.05) is 10.6 Å². The summed E-state index contributed by atoms with van der Waals surface area (Å²) in [5.41, 5.74) is 1.27. The van der Waals surface area contributed by atoms with Gasteiger partial charge in [-0.1, -0.05) is 25.8 Å². The number of hydrogen-bond acceptors (Lipinski definition) is 5. The van der Waals surface area contributed by atoms with Crippen molar-refractivity contribution in [3.8, 4) is 5.69 Å². The molecule has 8 nitrogen and oxygen atoms in total. The molecule has 9 heteroatoms. The van der Waals surface area contributed by atoms with Crippen molar-refractivity contribution in [2.75, 3.05) is 13.2 Å². The Labute approximate surface area is 203 Å². The fourth-order valence-electron chi connectivity index (χ4n) is 5.45. The van der Waals surface area contributed by atoms with Gasteiger partial charge in [0.05, 0.1) is 11.7 Å². The lowest BCUT2D eigenvalue weighted by molar-refractivity contribution is -0.139. The van der Waals surface area contributed by atoms with Crippen molar-refractivity contribution < 1.29 is 19.1 Å². The first-order valence-electron chi connectivity index (χ1n) is 11.9. The standard InChI is InChI=1S/C25H29ClN4O4/c1-15-5-7-16(8-6-15)21(25(33)30-12-19(26)23-22(30)20(31)13-34-23)28-24(32)17-3-2-4-18(11-17)29-10-9-27-14-29/h2-4,9-11,14-16,19,21-23H,5-8,12-13H2,1H3,(H,28,32)/t15?,16?,19-,21?,22-,23-/m1/s1. The number of hydrogen-bond donors (Lipinski definition) is 1. The molecule has 1 aromatic carbocycles. The first kappa shape index (κ1) is 23.1. The minimum Gasteiger partial charge on any atom is -0.366 e. The number of aromatic nitrogens is 2. The number of alkyl halides is 1. The van der Waals surface area contributed by atoms with Crippen molar-refractivity contribution in [3.63, 3.8) is 0 Å². The van der Waals surface area contributed by atoms with Gasteiger partial charge in [0.2, 0.25) is 5.91 Å². The molecular formula is C25H29ClN4O4. The molecule has 5 rings (SSSR count). The fourth-order valence-corrected chi connectivity index (χ4v) is 5.81. The van der Waals surface area contributed by atoms with E-state index in [4.69, 9.17) is 16.3 Å². The third-order valence-corrected chi connectivity index (χ3v) is 7.79. The van der Waals surface area contributed by atoms with Gasteiger partial charge in [0, 0.05) is 30.2 Å². The third kappa shape index (κ3) is 4.36. The first-order chi connectivity index (χ1) is 16.4. The van der Waals surface area contributed by atoms with Crippen molar-refractivity contribution in [3.05, 3.63) is 48.5 Å². The SMILES string of the molecule is CC1CCC(C(NC(=O)c2cccc(-n3ccnc3)c2)C(=O)N2C[C@@H](Cl)[C@H]3OCC(=O)[C@H]32)CC1. The van der Waals surface area contributed by atoms with Crippen LogP contribution in [0.3, 0.4) is 0 Å². The van der Waals surface area contributed by atoms with E-state index in [2.05, 4.69) is 17.2 Å². The summed E-state index contributed by atoms with van der Waals surface area (Å²) in [5, 5.41) is 2.59. The molecule has 2 saturated heterocycles. The van der Waals surface area contributed by atoms with Gasteiger partial charge < -0.3 is 19.5 Å². The summed E-state index contributed by atoms with van der Waals surface area (Å²) in [7, 11) is 0. The Morgan fingerprint density at radius 3 is 2.76 bits per heavy atom. The lowest BCUT2D eigenvalue weighted by Gasteiger charge is -2.35. The largest absolute Gasteiger partial charge is 0.366 e. The summed E-state index contributed by atoms with van der Waals surface area (Å²) in [6, 6.07) is 5.82. The van der Waals surface area contributed by atoms with Crippen molar-refractivity contribution >= 4 is 29.2 Å². The summed E-state index contributed by atoms with van der Waals surface area (Å²) in [4.78, 5) is 45.2. The lowest BCUT2D eigenvalue weighted by Crippen LogP contribution is -2.55. The molecule has 3 fully saturated rings. The molecule has 1 aliphatic carbocycles. The molecular weight excluding hydrogens is 456 g/mol. The zero-order valence-electron chi connectivity index (χ0n) is 19.1. The van der Waals surface area contributed by atoms with Gasteiger partial charge in [-0.25, -0.2) is 4.98 Å². The average Bonchev–Trinajstić information content (AvgIpc) is 3.58. The van der Waals surface area contributed by atoms with Crippen LogP contribution in [0.2, 0.25) is 0 Å². The van der Waals surface area contributed by atoms with Crippen LogP contribution in [0, 0.1) is 11.8 Å². The highest BCUT2D eigenvalue weighted by Gasteiger charge is 2.53. The molecule has 1 saturated carbocycles. The Morgan fingerprint density at radius 1 is 1.24 bits per heavy atom. The number of amides is 2. The van der Waals surface area contributed by atoms with Gasteiger partial charge in [-0.2, -0.15) is 0 Å². The Morgan fingerprint density at radius 2 is 2.03 bits per heavy atom. The minimum atomic E-state index is -0.715. The Kier molecular flexibility index (Phi) is 6.44. The number of fused-ring (bicyclic) bond motifs is 1. The van der Waals surface area contributed by atoms with E-state index < -0.39 is 23.6 Å². The lowest BCUT2D eigenvalue weighted by atomic mass is 9.78. The Bertz CT molecular complexity index is 1070. The van der Waals surface area contributed by atoms with Crippen LogP contribution in [-0.4, -0.2) is 68.8 Å². The molecule has 1 unspecified atom stereocenters. The molecule has 3 aliphatic rings. The quantitative estimate of drug-likeness (QED) is 0.658. The fraction of sp³-hybridized carbons (Fsp3) is 0.520. The first-order valence-corrected chi connectivity index (χ1v) is 12.3. The van der Waals surface area contributed by atoms with Crippen molar-refractivity contribution in [2.24, 2.45) is 11.8 Å². The van der Waals surface area contributed by atoms with Crippen LogP contribution in [0.4, 0.5) is 0 Å². The van der Waals surface area contributed by atoms with Crippen LogP contribution in [-0.2, 0) is 14.3 Å². The number of ether oxygens (including phenoxy) is 1. The molecule has 3 heterocycles. The predicted molar refractivity (Wildman–Crippen MR) is 126 cm³/mol. The summed E-state index contributed by atoms with van der Waals surface area (Å²) in [6.07, 6.45) is 8.38. The van der Waals surface area contributed by atoms with Gasteiger partial charge in [-0.05, 0) is 42.9 Å². The zero-order chi connectivity index (χ0) is 23.8. The molecule has 4 atom stereocenters. The minimum absolute atomic E-state index is 0.00901. The molecule has 1 N–H and O–H groups in total. The molecule has 1 aromatic heterocycles. The van der Waals surface area contributed by atoms with E-state index >= 15 is 0 Å². The van der Waals surface area contributed by atoms with E-state index in [1.54, 1.807) is 41.8 Å². The molecule has 0 spiro atoms. The summed E-state index contributed by atoms with van der Waals surface area (Å²) < 4.78 is 7.37. The number of halogens is 1. The highest BCUT2D eigenvalue weighted by Crippen LogP contribution is 2.35. The second-order valence-corrected chi connectivity index (χ2v) is 10.2. The predicted octanol–water partition coefficient (Wildman–Crippen LogP) is 2.58. The zero-order valence-corrected chi connectivity index (χ0v) is 19.9. The maximum Gasteiger partial charge on any atom is 0.252 e. The van der Waals surface area contributed by atoms with Crippen molar-refractivity contribution in [2.45, 2.75) is 56.2 Å². The van der Waals surface area contributed by atoms with Crippen LogP contribution in [0.1, 0.15) is 43.0 Å². The van der Waals surface area contributed by atoms with Gasteiger partial charge in [0.25, 0.3) is 5.91 Å². The van der Waals surface area contributed by atoms with Crippen molar-refractivity contribution in [1.29, 1.82) is 0 Å². The summed E-state index contributed by atoms with van der Waals surface area (Å²) in [5.74, 6) is -0.0730. The second kappa shape index (κ2) is 9.50.